The van der Waals surface area contributed by atoms with E-state index in [-0.39, 0.29) is 0 Å². The Morgan fingerprint density at radius 3 is 2.42 bits per heavy atom. The summed E-state index contributed by atoms with van der Waals surface area (Å²) >= 11 is 0. The molecule has 2 unspecified atom stereocenters. The summed E-state index contributed by atoms with van der Waals surface area (Å²) in [5.41, 5.74) is 0.307. The Morgan fingerprint density at radius 2 is 2.00 bits per heavy atom. The van der Waals surface area contributed by atoms with Crippen LogP contribution in [0.25, 0.3) is 0 Å². The van der Waals surface area contributed by atoms with Crippen molar-refractivity contribution in [3.8, 4) is 0 Å². The summed E-state index contributed by atoms with van der Waals surface area (Å²) in [5.74, 6) is 0. The van der Waals surface area contributed by atoms with E-state index >= 15 is 0 Å². The van der Waals surface area contributed by atoms with Gasteiger partial charge in [0.05, 0.1) is 6.10 Å². The Bertz CT molecular complexity index is 139. The van der Waals surface area contributed by atoms with E-state index in [4.69, 9.17) is 4.74 Å². The van der Waals surface area contributed by atoms with Gasteiger partial charge in [0.1, 0.15) is 0 Å². The van der Waals surface area contributed by atoms with Crippen LogP contribution in [0.4, 0.5) is 0 Å². The Hall–Kier alpha value is -0.0800. The molecule has 0 aromatic rings. The zero-order valence-electron chi connectivity index (χ0n) is 8.68. The fraction of sp³-hybridized carbons (Fsp3) is 1.00. The van der Waals surface area contributed by atoms with Crippen LogP contribution in [-0.4, -0.2) is 25.8 Å². The average Bonchev–Trinajstić information content (AvgIpc) is 2.03. The highest BCUT2D eigenvalue weighted by atomic mass is 16.5. The standard InChI is InChI=1S/C10H21NO/c1-10(2,3)9-8(12-4)6-5-7-11-9/h8-9,11H,5-7H2,1-4H3. The van der Waals surface area contributed by atoms with Gasteiger partial charge in [-0.3, -0.25) is 0 Å². The Labute approximate surface area is 75.7 Å². The van der Waals surface area contributed by atoms with Crippen molar-refractivity contribution in [2.75, 3.05) is 13.7 Å². The zero-order valence-corrected chi connectivity index (χ0v) is 8.68. The summed E-state index contributed by atoms with van der Waals surface area (Å²) in [6.45, 7) is 7.94. The SMILES string of the molecule is COC1CCCNC1C(C)(C)C. The molecule has 0 spiro atoms. The fourth-order valence-corrected chi connectivity index (χ4v) is 1.98. The summed E-state index contributed by atoms with van der Waals surface area (Å²) in [5, 5.41) is 3.54. The Kier molecular flexibility index (Phi) is 3.13. The first-order chi connectivity index (χ1) is 5.55. The molecule has 2 atom stereocenters. The van der Waals surface area contributed by atoms with E-state index in [0.29, 0.717) is 17.6 Å². The van der Waals surface area contributed by atoms with Crippen LogP contribution in [-0.2, 0) is 4.74 Å². The van der Waals surface area contributed by atoms with Gasteiger partial charge in [-0.1, -0.05) is 20.8 Å². The second-order valence-corrected chi connectivity index (χ2v) is 4.71. The van der Waals surface area contributed by atoms with E-state index in [1.54, 1.807) is 0 Å². The van der Waals surface area contributed by atoms with Crippen molar-refractivity contribution in [3.05, 3.63) is 0 Å². The molecule has 0 aromatic carbocycles. The van der Waals surface area contributed by atoms with E-state index in [9.17, 15) is 0 Å². The van der Waals surface area contributed by atoms with Gasteiger partial charge < -0.3 is 10.1 Å². The van der Waals surface area contributed by atoms with Gasteiger partial charge in [0.2, 0.25) is 0 Å². The summed E-state index contributed by atoms with van der Waals surface area (Å²) < 4.78 is 5.47. The van der Waals surface area contributed by atoms with Gasteiger partial charge in [-0.25, -0.2) is 0 Å². The minimum Gasteiger partial charge on any atom is -0.380 e. The minimum atomic E-state index is 0.307. The van der Waals surface area contributed by atoms with Crippen molar-refractivity contribution in [2.45, 2.75) is 45.8 Å². The molecule has 0 saturated carbocycles. The normalized spacial score (nSPS) is 32.0. The lowest BCUT2D eigenvalue weighted by Gasteiger charge is -2.40. The molecule has 1 rings (SSSR count). The molecule has 0 amide bonds. The number of ether oxygens (including phenoxy) is 1. The summed E-state index contributed by atoms with van der Waals surface area (Å²) in [7, 11) is 1.82. The molecule has 0 bridgehead atoms. The van der Waals surface area contributed by atoms with Crippen molar-refractivity contribution in [2.24, 2.45) is 5.41 Å². The first-order valence-corrected chi connectivity index (χ1v) is 4.82. The van der Waals surface area contributed by atoms with Crippen molar-refractivity contribution in [1.29, 1.82) is 0 Å². The van der Waals surface area contributed by atoms with Crippen LogP contribution in [0.2, 0.25) is 0 Å². The number of methoxy groups -OCH3 is 1. The highest BCUT2D eigenvalue weighted by molar-refractivity contribution is 4.90. The first-order valence-electron chi connectivity index (χ1n) is 4.82. The zero-order chi connectivity index (χ0) is 9.19. The van der Waals surface area contributed by atoms with Crippen molar-refractivity contribution in [3.63, 3.8) is 0 Å². The quantitative estimate of drug-likeness (QED) is 0.649. The highest BCUT2D eigenvalue weighted by Crippen LogP contribution is 2.27. The summed E-state index contributed by atoms with van der Waals surface area (Å²) in [6, 6.07) is 0.510. The van der Waals surface area contributed by atoms with E-state index in [0.717, 1.165) is 6.54 Å². The van der Waals surface area contributed by atoms with Crippen LogP contribution in [0.15, 0.2) is 0 Å². The van der Waals surface area contributed by atoms with Gasteiger partial charge in [-0.15, -0.1) is 0 Å². The largest absolute Gasteiger partial charge is 0.380 e. The maximum absolute atomic E-state index is 5.47. The first kappa shape index (κ1) is 10.0. The molecule has 1 fully saturated rings. The molecule has 2 heteroatoms. The lowest BCUT2D eigenvalue weighted by Crippen LogP contribution is -2.52. The van der Waals surface area contributed by atoms with Crippen molar-refractivity contribution in [1.82, 2.24) is 5.32 Å². The van der Waals surface area contributed by atoms with Crippen molar-refractivity contribution >= 4 is 0 Å². The lowest BCUT2D eigenvalue weighted by atomic mass is 9.80. The molecule has 1 heterocycles. The van der Waals surface area contributed by atoms with Crippen LogP contribution in [0.1, 0.15) is 33.6 Å². The minimum absolute atomic E-state index is 0.307. The molecule has 0 aliphatic carbocycles. The van der Waals surface area contributed by atoms with Gasteiger partial charge in [0.15, 0.2) is 0 Å². The third kappa shape index (κ3) is 2.20. The third-order valence-electron chi connectivity index (χ3n) is 2.64. The second-order valence-electron chi connectivity index (χ2n) is 4.71. The average molecular weight is 171 g/mol. The molecule has 1 N–H and O–H groups in total. The maximum atomic E-state index is 5.47. The summed E-state index contributed by atoms with van der Waals surface area (Å²) in [6.07, 6.45) is 2.84. The summed E-state index contributed by atoms with van der Waals surface area (Å²) in [4.78, 5) is 0. The van der Waals surface area contributed by atoms with Crippen molar-refractivity contribution < 1.29 is 4.74 Å². The van der Waals surface area contributed by atoms with Crippen LogP contribution < -0.4 is 5.32 Å². The fourth-order valence-electron chi connectivity index (χ4n) is 1.98. The van der Waals surface area contributed by atoms with E-state index in [1.165, 1.54) is 12.8 Å². The number of nitrogens with one attached hydrogen (secondary N) is 1. The molecule has 1 saturated heterocycles. The molecule has 2 nitrogen and oxygen atoms in total. The molecule has 1 aliphatic heterocycles. The van der Waals surface area contributed by atoms with Crippen LogP contribution in [0.5, 0.6) is 0 Å². The lowest BCUT2D eigenvalue weighted by molar-refractivity contribution is 0.00756. The number of piperidine rings is 1. The molecular weight excluding hydrogens is 150 g/mol. The number of rotatable bonds is 1. The predicted octanol–water partition coefficient (Wildman–Crippen LogP) is 1.80. The number of hydrogen-bond donors (Lipinski definition) is 1. The smallest absolute Gasteiger partial charge is 0.0729 e. The molecule has 1 aliphatic rings. The van der Waals surface area contributed by atoms with Gasteiger partial charge in [0, 0.05) is 13.2 Å². The molecule has 0 aromatic heterocycles. The monoisotopic (exact) mass is 171 g/mol. The molecule has 72 valence electrons. The van der Waals surface area contributed by atoms with E-state index < -0.39 is 0 Å². The van der Waals surface area contributed by atoms with Gasteiger partial charge >= 0.3 is 0 Å². The molecular formula is C10H21NO. The van der Waals surface area contributed by atoms with Gasteiger partial charge in [-0.05, 0) is 24.8 Å². The highest BCUT2D eigenvalue weighted by Gasteiger charge is 2.33. The predicted molar refractivity (Wildman–Crippen MR) is 51.3 cm³/mol. The van der Waals surface area contributed by atoms with Gasteiger partial charge in [0.25, 0.3) is 0 Å². The van der Waals surface area contributed by atoms with Gasteiger partial charge in [-0.2, -0.15) is 0 Å². The van der Waals surface area contributed by atoms with E-state index in [2.05, 4.69) is 26.1 Å². The van der Waals surface area contributed by atoms with Crippen LogP contribution >= 0.6 is 0 Å². The maximum Gasteiger partial charge on any atom is 0.0729 e. The van der Waals surface area contributed by atoms with E-state index in [1.807, 2.05) is 7.11 Å². The Morgan fingerprint density at radius 1 is 1.33 bits per heavy atom. The Balaban J connectivity index is 2.59. The molecule has 0 radical (unpaired) electrons. The second kappa shape index (κ2) is 3.75. The third-order valence-corrected chi connectivity index (χ3v) is 2.64. The number of hydrogen-bond acceptors (Lipinski definition) is 2. The van der Waals surface area contributed by atoms with Crippen LogP contribution in [0.3, 0.4) is 0 Å². The topological polar surface area (TPSA) is 21.3 Å². The molecule has 12 heavy (non-hydrogen) atoms. The van der Waals surface area contributed by atoms with Crippen LogP contribution in [0, 0.1) is 5.41 Å².